The molecule has 1 N–H and O–H groups in total. The van der Waals surface area contributed by atoms with Crippen LogP contribution in [0, 0.1) is 11.8 Å². The Kier molecular flexibility index (Phi) is 1.92. The Bertz CT molecular complexity index is 130. The molecule has 11 heavy (non-hydrogen) atoms. The van der Waals surface area contributed by atoms with E-state index >= 15 is 0 Å². The number of hydrogen-bond acceptors (Lipinski definition) is 0. The van der Waals surface area contributed by atoms with E-state index in [0.717, 1.165) is 17.9 Å². The summed E-state index contributed by atoms with van der Waals surface area (Å²) in [7, 11) is 0. The van der Waals surface area contributed by atoms with Gasteiger partial charge in [0.15, 0.2) is 0 Å². The highest BCUT2D eigenvalue weighted by Gasteiger charge is 2.39. The first-order valence-corrected chi connectivity index (χ1v) is 5.12. The first kappa shape index (κ1) is 7.60. The summed E-state index contributed by atoms with van der Waals surface area (Å²) in [6.45, 7) is 7.69. The molecule has 2 unspecified atom stereocenters. The molecule has 0 aromatic rings. The molecule has 0 aromatic carbocycles. The second-order valence-electron chi connectivity index (χ2n) is 4.68. The highest BCUT2D eigenvalue weighted by Crippen LogP contribution is 2.21. The molecule has 1 nitrogen and oxygen atoms in total. The summed E-state index contributed by atoms with van der Waals surface area (Å²) < 4.78 is 0. The van der Waals surface area contributed by atoms with Crippen molar-refractivity contribution in [2.45, 2.75) is 39.2 Å². The zero-order valence-corrected chi connectivity index (χ0v) is 7.77. The first-order chi connectivity index (χ1) is 5.27. The summed E-state index contributed by atoms with van der Waals surface area (Å²) in [6, 6.07) is 1.08. The molecule has 0 radical (unpaired) electrons. The largest absolute Gasteiger partial charge is 0.332 e. The molecule has 1 saturated carbocycles. The molecule has 0 aromatic heterocycles. The summed E-state index contributed by atoms with van der Waals surface area (Å²) >= 11 is 0. The fourth-order valence-corrected chi connectivity index (χ4v) is 2.34. The van der Waals surface area contributed by atoms with Crippen LogP contribution in [0.25, 0.3) is 0 Å². The van der Waals surface area contributed by atoms with Gasteiger partial charge in [-0.2, -0.15) is 0 Å². The van der Waals surface area contributed by atoms with Crippen LogP contribution >= 0.6 is 0 Å². The molecule has 1 aliphatic heterocycles. The molecule has 1 heterocycles. The maximum absolute atomic E-state index is 2.38. The van der Waals surface area contributed by atoms with Gasteiger partial charge in [-0.3, -0.25) is 0 Å². The van der Waals surface area contributed by atoms with Crippen LogP contribution < -0.4 is 4.90 Å². The molecule has 1 heteroatoms. The number of nitrogens with one attached hydrogen (secondary N) is 1. The molecule has 1 saturated heterocycles. The van der Waals surface area contributed by atoms with Crippen molar-refractivity contribution in [3.63, 3.8) is 0 Å². The third-order valence-electron chi connectivity index (χ3n) is 3.46. The second kappa shape index (κ2) is 2.78. The van der Waals surface area contributed by atoms with Crippen LogP contribution in [0.3, 0.4) is 0 Å². The van der Waals surface area contributed by atoms with Gasteiger partial charge in [0.25, 0.3) is 0 Å². The van der Waals surface area contributed by atoms with Crippen LogP contribution in [0.15, 0.2) is 0 Å². The van der Waals surface area contributed by atoms with Crippen LogP contribution in [-0.2, 0) is 0 Å². The lowest BCUT2D eigenvalue weighted by Gasteiger charge is -2.13. The standard InChI is InChI=1S/C10H19N/c1-8(2)9-5-6-11(7-9)10-3-4-10/h8-10H,3-7H2,1-2H3/p+1. The third kappa shape index (κ3) is 1.58. The maximum atomic E-state index is 2.38. The van der Waals surface area contributed by atoms with E-state index in [9.17, 15) is 0 Å². The van der Waals surface area contributed by atoms with E-state index in [2.05, 4.69) is 13.8 Å². The van der Waals surface area contributed by atoms with Crippen LogP contribution in [0.2, 0.25) is 0 Å². The van der Waals surface area contributed by atoms with Gasteiger partial charge >= 0.3 is 0 Å². The minimum atomic E-state index is 0.922. The Hall–Kier alpha value is -0.0400. The summed E-state index contributed by atoms with van der Waals surface area (Å²) in [6.07, 6.45) is 4.52. The predicted octanol–water partition coefficient (Wildman–Crippen LogP) is 0.710. The number of hydrogen-bond donors (Lipinski definition) is 1. The minimum absolute atomic E-state index is 0.922. The van der Waals surface area contributed by atoms with Gasteiger partial charge in [-0.25, -0.2) is 0 Å². The van der Waals surface area contributed by atoms with Gasteiger partial charge in [-0.1, -0.05) is 13.8 Å². The quantitative estimate of drug-likeness (QED) is 0.597. The van der Waals surface area contributed by atoms with E-state index < -0.39 is 0 Å². The topological polar surface area (TPSA) is 4.44 Å². The van der Waals surface area contributed by atoms with Crippen molar-refractivity contribution in [2.75, 3.05) is 13.1 Å². The van der Waals surface area contributed by atoms with Crippen molar-refractivity contribution in [1.29, 1.82) is 0 Å². The summed E-state index contributed by atoms with van der Waals surface area (Å²) in [5, 5.41) is 0. The smallest absolute Gasteiger partial charge is 0.0879 e. The van der Waals surface area contributed by atoms with Crippen LogP contribution in [-0.4, -0.2) is 19.1 Å². The van der Waals surface area contributed by atoms with E-state index in [1.165, 1.54) is 32.4 Å². The molecule has 0 spiro atoms. The van der Waals surface area contributed by atoms with E-state index in [1.54, 1.807) is 0 Å². The SMILES string of the molecule is CC(C)C1CC[NH+](C2CC2)C1. The molecular formula is C10H20N+. The van der Waals surface area contributed by atoms with Crippen molar-refractivity contribution in [2.24, 2.45) is 11.8 Å². The minimum Gasteiger partial charge on any atom is -0.332 e. The van der Waals surface area contributed by atoms with Crippen molar-refractivity contribution in [1.82, 2.24) is 0 Å². The monoisotopic (exact) mass is 154 g/mol. The highest BCUT2D eigenvalue weighted by atomic mass is 15.2. The van der Waals surface area contributed by atoms with Gasteiger partial charge in [-0.05, 0) is 5.92 Å². The summed E-state index contributed by atoms with van der Waals surface area (Å²) in [5.74, 6) is 1.96. The van der Waals surface area contributed by atoms with E-state index in [1.807, 2.05) is 4.90 Å². The Morgan fingerprint density at radius 2 is 1.91 bits per heavy atom. The molecular weight excluding hydrogens is 134 g/mol. The fraction of sp³-hybridized carbons (Fsp3) is 1.00. The van der Waals surface area contributed by atoms with Crippen LogP contribution in [0.4, 0.5) is 0 Å². The van der Waals surface area contributed by atoms with Gasteiger partial charge < -0.3 is 4.90 Å². The lowest BCUT2D eigenvalue weighted by atomic mass is 9.95. The molecule has 2 rings (SSSR count). The Morgan fingerprint density at radius 3 is 2.36 bits per heavy atom. The van der Waals surface area contributed by atoms with Crippen molar-refractivity contribution < 1.29 is 4.90 Å². The van der Waals surface area contributed by atoms with Gasteiger partial charge in [0.2, 0.25) is 0 Å². The third-order valence-corrected chi connectivity index (χ3v) is 3.46. The van der Waals surface area contributed by atoms with Crippen molar-refractivity contribution in [3.05, 3.63) is 0 Å². The fourth-order valence-electron chi connectivity index (χ4n) is 2.34. The maximum Gasteiger partial charge on any atom is 0.0879 e. The van der Waals surface area contributed by atoms with E-state index in [4.69, 9.17) is 0 Å². The Balaban J connectivity index is 1.82. The van der Waals surface area contributed by atoms with E-state index in [-0.39, 0.29) is 0 Å². The number of likely N-dealkylation sites (tertiary alicyclic amines) is 1. The molecule has 2 fully saturated rings. The van der Waals surface area contributed by atoms with Crippen molar-refractivity contribution >= 4 is 0 Å². The van der Waals surface area contributed by atoms with Crippen LogP contribution in [0.5, 0.6) is 0 Å². The van der Waals surface area contributed by atoms with Gasteiger partial charge in [0.05, 0.1) is 19.1 Å². The van der Waals surface area contributed by atoms with Crippen LogP contribution in [0.1, 0.15) is 33.1 Å². The molecule has 1 aliphatic carbocycles. The Labute approximate surface area is 69.8 Å². The molecule has 2 atom stereocenters. The molecule has 64 valence electrons. The summed E-state index contributed by atoms with van der Waals surface area (Å²) in [5.41, 5.74) is 0. The summed E-state index contributed by atoms with van der Waals surface area (Å²) in [4.78, 5) is 1.92. The highest BCUT2D eigenvalue weighted by molar-refractivity contribution is 4.75. The zero-order valence-electron chi connectivity index (χ0n) is 7.77. The lowest BCUT2D eigenvalue weighted by Crippen LogP contribution is -3.11. The number of rotatable bonds is 2. The molecule has 0 bridgehead atoms. The zero-order chi connectivity index (χ0) is 7.84. The number of quaternary nitrogens is 1. The van der Waals surface area contributed by atoms with E-state index in [0.29, 0.717) is 0 Å². The van der Waals surface area contributed by atoms with Gasteiger partial charge in [0.1, 0.15) is 0 Å². The second-order valence-corrected chi connectivity index (χ2v) is 4.68. The van der Waals surface area contributed by atoms with Crippen molar-refractivity contribution in [3.8, 4) is 0 Å². The van der Waals surface area contributed by atoms with Gasteiger partial charge in [-0.15, -0.1) is 0 Å². The Morgan fingerprint density at radius 1 is 1.18 bits per heavy atom. The van der Waals surface area contributed by atoms with Gasteiger partial charge in [0, 0.05) is 25.2 Å². The molecule has 2 aliphatic rings. The lowest BCUT2D eigenvalue weighted by molar-refractivity contribution is -0.900. The molecule has 0 amide bonds. The average Bonchev–Trinajstić information content (AvgIpc) is 2.68. The average molecular weight is 154 g/mol. The predicted molar refractivity (Wildman–Crippen MR) is 46.7 cm³/mol. The normalized spacial score (nSPS) is 38.5. The first-order valence-electron chi connectivity index (χ1n) is 5.12.